The lowest BCUT2D eigenvalue weighted by atomic mass is 9.80. The van der Waals surface area contributed by atoms with E-state index in [1.54, 1.807) is 0 Å². The Hall–Kier alpha value is -1.26. The summed E-state index contributed by atoms with van der Waals surface area (Å²) in [4.78, 5) is 0. The number of rotatable bonds is 1. The van der Waals surface area contributed by atoms with E-state index in [4.69, 9.17) is 18.6 Å². The highest BCUT2D eigenvalue weighted by atomic mass is 16.4. The van der Waals surface area contributed by atoms with E-state index < -0.39 is 14.0 Å². The van der Waals surface area contributed by atoms with Gasteiger partial charge in [-0.2, -0.15) is 0 Å². The summed E-state index contributed by atoms with van der Waals surface area (Å²) in [5, 5.41) is 18.5. The Kier molecular flexibility index (Phi) is 1.22. The van der Waals surface area contributed by atoms with Crippen LogP contribution in [0, 0.1) is 6.85 Å². The van der Waals surface area contributed by atoms with Crippen molar-refractivity contribution in [1.82, 2.24) is 0 Å². The molecular formula is C9H9BO3. The van der Waals surface area contributed by atoms with Crippen LogP contribution in [0.1, 0.15) is 9.68 Å². The molecule has 2 aromatic rings. The molecule has 1 aromatic carbocycles. The summed E-state index contributed by atoms with van der Waals surface area (Å²) in [6.45, 7) is -2.22. The van der Waals surface area contributed by atoms with Crippen molar-refractivity contribution in [2.24, 2.45) is 0 Å². The average Bonchev–Trinajstić information content (AvgIpc) is 2.58. The molecular weight excluding hydrogens is 167 g/mol. The van der Waals surface area contributed by atoms with Crippen molar-refractivity contribution in [3.05, 3.63) is 30.0 Å². The van der Waals surface area contributed by atoms with Crippen molar-refractivity contribution in [3.8, 4) is 0 Å². The second-order valence-electron chi connectivity index (χ2n) is 2.78. The first-order chi connectivity index (χ1) is 7.39. The molecule has 66 valence electrons. The van der Waals surface area contributed by atoms with E-state index in [1.807, 2.05) is 0 Å². The third-order valence-corrected chi connectivity index (χ3v) is 1.88. The maximum absolute atomic E-state index is 9.06. The fourth-order valence-corrected chi connectivity index (χ4v) is 1.25. The molecule has 1 heterocycles. The zero-order valence-corrected chi connectivity index (χ0v) is 6.69. The SMILES string of the molecule is [2H]C([2H])([2H])c1ccc2occ(B(O)O)c2c1. The van der Waals surface area contributed by atoms with Gasteiger partial charge in [0.25, 0.3) is 0 Å². The monoisotopic (exact) mass is 179 g/mol. The molecule has 0 aliphatic carbocycles. The molecule has 4 heteroatoms. The molecule has 0 aliphatic heterocycles. The van der Waals surface area contributed by atoms with Gasteiger partial charge in [0.15, 0.2) is 0 Å². The van der Waals surface area contributed by atoms with Crippen molar-refractivity contribution >= 4 is 23.6 Å². The third-order valence-electron chi connectivity index (χ3n) is 1.88. The van der Waals surface area contributed by atoms with Crippen LogP contribution in [0.25, 0.3) is 11.0 Å². The van der Waals surface area contributed by atoms with Crippen LogP contribution in [-0.4, -0.2) is 17.2 Å². The topological polar surface area (TPSA) is 53.6 Å². The van der Waals surface area contributed by atoms with E-state index in [0.717, 1.165) is 0 Å². The van der Waals surface area contributed by atoms with Crippen molar-refractivity contribution in [2.45, 2.75) is 6.85 Å². The molecule has 0 fully saturated rings. The summed E-state index contributed by atoms with van der Waals surface area (Å²) < 4.78 is 26.8. The van der Waals surface area contributed by atoms with Gasteiger partial charge in [0.05, 0.1) is 6.26 Å². The second kappa shape index (κ2) is 2.90. The highest BCUT2D eigenvalue weighted by Gasteiger charge is 2.17. The summed E-state index contributed by atoms with van der Waals surface area (Å²) in [5.74, 6) is 0. The molecule has 0 saturated heterocycles. The predicted octanol–water partition coefficient (Wildman–Crippen LogP) is 0.421. The Morgan fingerprint density at radius 2 is 2.31 bits per heavy atom. The van der Waals surface area contributed by atoms with Gasteiger partial charge in [-0.3, -0.25) is 0 Å². The smallest absolute Gasteiger partial charge is 0.465 e. The molecule has 2 rings (SSSR count). The van der Waals surface area contributed by atoms with Gasteiger partial charge in [-0.05, 0) is 19.0 Å². The Morgan fingerprint density at radius 3 is 3.00 bits per heavy atom. The molecule has 0 spiro atoms. The van der Waals surface area contributed by atoms with Gasteiger partial charge in [0, 0.05) is 15.0 Å². The first-order valence-electron chi connectivity index (χ1n) is 5.27. The zero-order valence-electron chi connectivity index (χ0n) is 9.69. The number of hydrogen-bond acceptors (Lipinski definition) is 3. The van der Waals surface area contributed by atoms with Crippen LogP contribution in [-0.2, 0) is 0 Å². The van der Waals surface area contributed by atoms with Crippen molar-refractivity contribution in [3.63, 3.8) is 0 Å². The fourth-order valence-electron chi connectivity index (χ4n) is 1.25. The standard InChI is InChI=1S/C9H9BO3/c1-6-2-3-9-7(4-6)8(5-13-9)10(11)12/h2-5,11-12H,1H3/i1D3. The molecule has 0 unspecified atom stereocenters. The normalized spacial score (nSPS) is 15.1. The summed E-state index contributed by atoms with van der Waals surface area (Å²) in [7, 11) is -1.67. The van der Waals surface area contributed by atoms with Crippen LogP contribution in [0.2, 0.25) is 0 Å². The van der Waals surface area contributed by atoms with Crippen molar-refractivity contribution in [1.29, 1.82) is 0 Å². The van der Waals surface area contributed by atoms with Crippen LogP contribution < -0.4 is 5.46 Å². The van der Waals surface area contributed by atoms with Gasteiger partial charge in [0.2, 0.25) is 0 Å². The minimum atomic E-state index is -2.22. The molecule has 0 aliphatic rings. The molecule has 13 heavy (non-hydrogen) atoms. The van der Waals surface area contributed by atoms with Crippen LogP contribution >= 0.6 is 0 Å². The Morgan fingerprint density at radius 1 is 1.46 bits per heavy atom. The van der Waals surface area contributed by atoms with E-state index in [-0.39, 0.29) is 11.0 Å². The lowest BCUT2D eigenvalue weighted by Crippen LogP contribution is -2.28. The number of benzene rings is 1. The van der Waals surface area contributed by atoms with Gasteiger partial charge < -0.3 is 14.5 Å². The van der Waals surface area contributed by atoms with Crippen LogP contribution in [0.15, 0.2) is 28.9 Å². The van der Waals surface area contributed by atoms with E-state index in [2.05, 4.69) is 0 Å². The van der Waals surface area contributed by atoms with Gasteiger partial charge in [0.1, 0.15) is 5.58 Å². The van der Waals surface area contributed by atoms with E-state index in [9.17, 15) is 0 Å². The minimum absolute atomic E-state index is 0.142. The fraction of sp³-hybridized carbons (Fsp3) is 0.111. The molecule has 0 saturated carbocycles. The maximum atomic E-state index is 9.06. The zero-order chi connectivity index (χ0) is 11.9. The molecule has 2 N–H and O–H groups in total. The lowest BCUT2D eigenvalue weighted by molar-refractivity contribution is 0.425. The van der Waals surface area contributed by atoms with Gasteiger partial charge in [-0.15, -0.1) is 0 Å². The van der Waals surface area contributed by atoms with Gasteiger partial charge >= 0.3 is 7.12 Å². The van der Waals surface area contributed by atoms with Gasteiger partial charge in [-0.25, -0.2) is 0 Å². The lowest BCUT2D eigenvalue weighted by Gasteiger charge is -1.95. The Bertz CT molecular complexity index is 518. The van der Waals surface area contributed by atoms with E-state index in [1.165, 1.54) is 24.5 Å². The molecule has 0 amide bonds. The first-order valence-corrected chi connectivity index (χ1v) is 3.77. The average molecular weight is 179 g/mol. The first kappa shape index (κ1) is 5.47. The van der Waals surface area contributed by atoms with Crippen molar-refractivity contribution < 1.29 is 18.6 Å². The molecule has 1 aromatic heterocycles. The number of furan rings is 1. The second-order valence-corrected chi connectivity index (χ2v) is 2.78. The number of hydrogen-bond donors (Lipinski definition) is 2. The maximum Gasteiger partial charge on any atom is 0.492 e. The van der Waals surface area contributed by atoms with Crippen LogP contribution in [0.3, 0.4) is 0 Å². The highest BCUT2D eigenvalue weighted by molar-refractivity contribution is 6.61. The van der Waals surface area contributed by atoms with Crippen molar-refractivity contribution in [2.75, 3.05) is 0 Å². The predicted molar refractivity (Wildman–Crippen MR) is 50.8 cm³/mol. The summed E-state index contributed by atoms with van der Waals surface area (Å²) in [6, 6.07) is 4.33. The molecule has 0 atom stereocenters. The van der Waals surface area contributed by atoms with Crippen LogP contribution in [0.4, 0.5) is 0 Å². The number of fused-ring (bicyclic) bond motifs is 1. The van der Waals surface area contributed by atoms with Crippen LogP contribution in [0.5, 0.6) is 0 Å². The Balaban J connectivity index is 2.63. The number of aryl methyl sites for hydroxylation is 1. The molecule has 0 bridgehead atoms. The molecule has 3 nitrogen and oxygen atoms in total. The molecule has 0 radical (unpaired) electrons. The summed E-state index contributed by atoms with van der Waals surface area (Å²) in [6.07, 6.45) is 1.21. The Labute approximate surface area is 80.0 Å². The third kappa shape index (κ3) is 1.34. The summed E-state index contributed by atoms with van der Waals surface area (Å²) >= 11 is 0. The van der Waals surface area contributed by atoms with E-state index in [0.29, 0.717) is 11.0 Å². The minimum Gasteiger partial charge on any atom is -0.465 e. The highest BCUT2D eigenvalue weighted by Crippen LogP contribution is 2.14. The van der Waals surface area contributed by atoms with Gasteiger partial charge in [-0.1, -0.05) is 11.6 Å². The summed E-state index contributed by atoms with van der Waals surface area (Å²) in [5.41, 5.74) is 0.737. The van der Waals surface area contributed by atoms with E-state index >= 15 is 0 Å². The largest absolute Gasteiger partial charge is 0.492 e. The quantitative estimate of drug-likeness (QED) is 0.623.